The van der Waals surface area contributed by atoms with E-state index < -0.39 is 0 Å². The molecule has 4 atom stereocenters. The molecule has 0 heterocycles. The highest BCUT2D eigenvalue weighted by atomic mass is 16.1. The fourth-order valence-corrected chi connectivity index (χ4v) is 2.59. The molecule has 17 heavy (non-hydrogen) atoms. The van der Waals surface area contributed by atoms with E-state index in [4.69, 9.17) is 5.73 Å². The van der Waals surface area contributed by atoms with E-state index in [1.165, 1.54) is 12.8 Å². The van der Waals surface area contributed by atoms with E-state index in [2.05, 4.69) is 26.1 Å². The number of carbonyl (C=O) groups excluding carboxylic acids is 1. The maximum atomic E-state index is 11.9. The lowest BCUT2D eigenvalue weighted by molar-refractivity contribution is -0.123. The molecule has 1 aliphatic rings. The molecule has 0 bridgehead atoms. The predicted octanol–water partition coefficient (Wildman–Crippen LogP) is 2.44. The molecule has 0 radical (unpaired) electrons. The standard InChI is InChI=1S/C14H28N2O/c1-4-10(2)11(3)16-14(17)9-12-6-5-7-13(15)8-12/h10-13H,4-9,15H2,1-3H3,(H,16,17). The third-order valence-corrected chi connectivity index (χ3v) is 4.18. The number of nitrogens with two attached hydrogens (primary N) is 1. The lowest BCUT2D eigenvalue weighted by atomic mass is 9.84. The SMILES string of the molecule is CCC(C)C(C)NC(=O)CC1CCCC(N)C1. The van der Waals surface area contributed by atoms with Gasteiger partial charge >= 0.3 is 0 Å². The third kappa shape index (κ3) is 5.07. The number of amides is 1. The zero-order chi connectivity index (χ0) is 12.8. The van der Waals surface area contributed by atoms with Crippen molar-refractivity contribution >= 4 is 5.91 Å². The molecule has 1 saturated carbocycles. The van der Waals surface area contributed by atoms with Crippen molar-refractivity contribution in [2.45, 2.75) is 71.4 Å². The first-order valence-corrected chi connectivity index (χ1v) is 7.07. The molecule has 3 heteroatoms. The second kappa shape index (κ2) is 7.00. The summed E-state index contributed by atoms with van der Waals surface area (Å²) in [7, 11) is 0. The number of nitrogens with one attached hydrogen (secondary N) is 1. The van der Waals surface area contributed by atoms with Crippen LogP contribution in [0, 0.1) is 11.8 Å². The molecule has 0 aliphatic heterocycles. The van der Waals surface area contributed by atoms with E-state index in [0.717, 1.165) is 19.3 Å². The normalized spacial score (nSPS) is 28.5. The fraction of sp³-hybridized carbons (Fsp3) is 0.929. The van der Waals surface area contributed by atoms with Gasteiger partial charge < -0.3 is 11.1 Å². The monoisotopic (exact) mass is 240 g/mol. The van der Waals surface area contributed by atoms with Crippen LogP contribution in [0.4, 0.5) is 0 Å². The molecule has 0 aromatic heterocycles. The van der Waals surface area contributed by atoms with Crippen molar-refractivity contribution in [3.8, 4) is 0 Å². The zero-order valence-corrected chi connectivity index (χ0v) is 11.5. The average molecular weight is 240 g/mol. The highest BCUT2D eigenvalue weighted by Gasteiger charge is 2.22. The smallest absolute Gasteiger partial charge is 0.220 e. The van der Waals surface area contributed by atoms with Crippen molar-refractivity contribution in [2.24, 2.45) is 17.6 Å². The van der Waals surface area contributed by atoms with E-state index >= 15 is 0 Å². The molecule has 1 rings (SSSR count). The molecule has 0 spiro atoms. The summed E-state index contributed by atoms with van der Waals surface area (Å²) >= 11 is 0. The Balaban J connectivity index is 2.28. The van der Waals surface area contributed by atoms with E-state index in [1.54, 1.807) is 0 Å². The minimum atomic E-state index is 0.205. The minimum Gasteiger partial charge on any atom is -0.353 e. The lowest BCUT2D eigenvalue weighted by Crippen LogP contribution is -2.38. The molecule has 0 aromatic carbocycles. The zero-order valence-electron chi connectivity index (χ0n) is 11.5. The molecule has 100 valence electrons. The van der Waals surface area contributed by atoms with Crippen LogP contribution < -0.4 is 11.1 Å². The van der Waals surface area contributed by atoms with Gasteiger partial charge in [0.05, 0.1) is 0 Å². The van der Waals surface area contributed by atoms with Crippen LogP contribution in [-0.2, 0) is 4.79 Å². The van der Waals surface area contributed by atoms with Crippen LogP contribution in [0.15, 0.2) is 0 Å². The summed E-state index contributed by atoms with van der Waals surface area (Å²) < 4.78 is 0. The van der Waals surface area contributed by atoms with Gasteiger partial charge in [-0.1, -0.05) is 26.7 Å². The van der Waals surface area contributed by atoms with E-state index in [-0.39, 0.29) is 11.9 Å². The van der Waals surface area contributed by atoms with Crippen LogP contribution in [-0.4, -0.2) is 18.0 Å². The second-order valence-electron chi connectivity index (χ2n) is 5.74. The molecule has 0 saturated heterocycles. The topological polar surface area (TPSA) is 55.1 Å². The average Bonchev–Trinajstić information content (AvgIpc) is 2.27. The second-order valence-corrected chi connectivity index (χ2v) is 5.74. The fourth-order valence-electron chi connectivity index (χ4n) is 2.59. The molecule has 3 N–H and O–H groups in total. The number of hydrogen-bond acceptors (Lipinski definition) is 2. The van der Waals surface area contributed by atoms with Crippen LogP contribution in [0.2, 0.25) is 0 Å². The van der Waals surface area contributed by atoms with Gasteiger partial charge in [0.15, 0.2) is 0 Å². The van der Waals surface area contributed by atoms with Gasteiger partial charge in [0.1, 0.15) is 0 Å². The molecule has 0 aromatic rings. The van der Waals surface area contributed by atoms with Crippen LogP contribution in [0.5, 0.6) is 0 Å². The van der Waals surface area contributed by atoms with E-state index in [9.17, 15) is 4.79 Å². The first kappa shape index (κ1) is 14.5. The largest absolute Gasteiger partial charge is 0.353 e. The molecule has 1 amide bonds. The summed E-state index contributed by atoms with van der Waals surface area (Å²) in [6, 6.07) is 0.596. The van der Waals surface area contributed by atoms with Gasteiger partial charge in [-0.25, -0.2) is 0 Å². The van der Waals surface area contributed by atoms with Gasteiger partial charge in [-0.2, -0.15) is 0 Å². The Morgan fingerprint density at radius 3 is 2.71 bits per heavy atom. The molecular formula is C14H28N2O. The number of rotatable bonds is 5. The van der Waals surface area contributed by atoms with Gasteiger partial charge in [-0.3, -0.25) is 4.79 Å². The predicted molar refractivity (Wildman–Crippen MR) is 71.6 cm³/mol. The summed E-state index contributed by atoms with van der Waals surface area (Å²) in [5, 5.41) is 3.11. The first-order valence-electron chi connectivity index (χ1n) is 7.07. The van der Waals surface area contributed by atoms with Gasteiger partial charge in [-0.15, -0.1) is 0 Å². The quantitative estimate of drug-likeness (QED) is 0.775. The van der Waals surface area contributed by atoms with Crippen molar-refractivity contribution in [3.63, 3.8) is 0 Å². The highest BCUT2D eigenvalue weighted by molar-refractivity contribution is 5.76. The third-order valence-electron chi connectivity index (χ3n) is 4.18. The van der Waals surface area contributed by atoms with Gasteiger partial charge in [-0.05, 0) is 38.0 Å². The molecule has 4 unspecified atom stereocenters. The Hall–Kier alpha value is -0.570. The molecule has 1 fully saturated rings. The summed E-state index contributed by atoms with van der Waals surface area (Å²) in [6.45, 7) is 6.44. The number of hydrogen-bond donors (Lipinski definition) is 2. The Morgan fingerprint density at radius 1 is 1.41 bits per heavy atom. The summed E-state index contributed by atoms with van der Waals surface area (Å²) in [6.07, 6.45) is 6.26. The van der Waals surface area contributed by atoms with Gasteiger partial charge in [0, 0.05) is 18.5 Å². The summed E-state index contributed by atoms with van der Waals surface area (Å²) in [5.74, 6) is 1.26. The van der Waals surface area contributed by atoms with Crippen molar-refractivity contribution in [1.29, 1.82) is 0 Å². The van der Waals surface area contributed by atoms with Crippen LogP contribution in [0.1, 0.15) is 59.3 Å². The maximum absolute atomic E-state index is 11.9. The van der Waals surface area contributed by atoms with E-state index in [1.807, 2.05) is 0 Å². The summed E-state index contributed by atoms with van der Waals surface area (Å²) in [4.78, 5) is 11.9. The van der Waals surface area contributed by atoms with Crippen LogP contribution in [0.3, 0.4) is 0 Å². The van der Waals surface area contributed by atoms with Crippen LogP contribution >= 0.6 is 0 Å². The Bertz CT molecular complexity index is 242. The highest BCUT2D eigenvalue weighted by Crippen LogP contribution is 2.25. The van der Waals surface area contributed by atoms with Crippen molar-refractivity contribution in [3.05, 3.63) is 0 Å². The maximum Gasteiger partial charge on any atom is 0.220 e. The van der Waals surface area contributed by atoms with Crippen molar-refractivity contribution < 1.29 is 4.79 Å². The van der Waals surface area contributed by atoms with Gasteiger partial charge in [0.25, 0.3) is 0 Å². The number of carbonyl (C=O) groups is 1. The summed E-state index contributed by atoms with van der Waals surface area (Å²) in [5.41, 5.74) is 5.94. The minimum absolute atomic E-state index is 0.205. The van der Waals surface area contributed by atoms with Crippen molar-refractivity contribution in [1.82, 2.24) is 5.32 Å². The van der Waals surface area contributed by atoms with E-state index in [0.29, 0.717) is 24.3 Å². The Kier molecular flexibility index (Phi) is 5.96. The van der Waals surface area contributed by atoms with Gasteiger partial charge in [0.2, 0.25) is 5.91 Å². The molecule has 3 nitrogen and oxygen atoms in total. The Labute approximate surface area is 106 Å². The molecule has 1 aliphatic carbocycles. The lowest BCUT2D eigenvalue weighted by Gasteiger charge is -2.27. The first-order chi connectivity index (χ1) is 8.02. The van der Waals surface area contributed by atoms with Crippen LogP contribution in [0.25, 0.3) is 0 Å². The molecular weight excluding hydrogens is 212 g/mol. The van der Waals surface area contributed by atoms with Crippen molar-refractivity contribution in [2.75, 3.05) is 0 Å². The Morgan fingerprint density at radius 2 is 2.12 bits per heavy atom.